The molecule has 2 aromatic rings. The van der Waals surface area contributed by atoms with E-state index in [1.165, 1.54) is 0 Å². The molecule has 3 nitrogen and oxygen atoms in total. The second kappa shape index (κ2) is 8.40. The van der Waals surface area contributed by atoms with Crippen molar-refractivity contribution < 1.29 is 4.79 Å². The molecule has 0 aromatic heterocycles. The highest BCUT2D eigenvalue weighted by atomic mass is 32.2. The van der Waals surface area contributed by atoms with Crippen LogP contribution in [0.25, 0.3) is 0 Å². The summed E-state index contributed by atoms with van der Waals surface area (Å²) in [5.74, 6) is 1.15. The summed E-state index contributed by atoms with van der Waals surface area (Å²) in [5, 5.41) is 9.10. The Hall–Kier alpha value is -2.25. The Morgan fingerprint density at radius 2 is 1.78 bits per heavy atom. The van der Waals surface area contributed by atoms with E-state index in [0.717, 1.165) is 11.3 Å². The molecule has 0 aliphatic carbocycles. The lowest BCUT2D eigenvalue weighted by atomic mass is 10.1. The molecule has 0 radical (unpaired) electrons. The maximum atomic E-state index is 12.6. The largest absolute Gasteiger partial charge is 0.309 e. The minimum absolute atomic E-state index is 0.0886. The van der Waals surface area contributed by atoms with Crippen LogP contribution in [0.15, 0.2) is 54.6 Å². The molecule has 2 rings (SSSR count). The number of anilines is 1. The highest BCUT2D eigenvalue weighted by Gasteiger charge is 2.18. The number of para-hydroxylation sites is 1. The SMILES string of the molecule is CC(C)N(C(=O)CSCc1ccccc1C#N)c1ccccc1. The molecule has 118 valence electrons. The molecule has 0 saturated heterocycles. The molecular formula is C19H20N2OS. The molecule has 23 heavy (non-hydrogen) atoms. The predicted molar refractivity (Wildman–Crippen MR) is 96.4 cm³/mol. The molecule has 0 aliphatic rings. The van der Waals surface area contributed by atoms with Crippen molar-refractivity contribution in [3.63, 3.8) is 0 Å². The molecule has 0 unspecified atom stereocenters. The van der Waals surface area contributed by atoms with Gasteiger partial charge in [-0.15, -0.1) is 11.8 Å². The first-order chi connectivity index (χ1) is 11.1. The second-order valence-electron chi connectivity index (χ2n) is 5.45. The van der Waals surface area contributed by atoms with Gasteiger partial charge in [0.2, 0.25) is 5.91 Å². The van der Waals surface area contributed by atoms with Crippen molar-refractivity contribution >= 4 is 23.4 Å². The Bertz CT molecular complexity index is 692. The van der Waals surface area contributed by atoms with Crippen molar-refractivity contribution in [1.29, 1.82) is 5.26 Å². The van der Waals surface area contributed by atoms with E-state index >= 15 is 0 Å². The summed E-state index contributed by atoms with van der Waals surface area (Å²) in [4.78, 5) is 14.4. The lowest BCUT2D eigenvalue weighted by Crippen LogP contribution is -2.38. The zero-order chi connectivity index (χ0) is 16.7. The zero-order valence-electron chi connectivity index (χ0n) is 13.4. The van der Waals surface area contributed by atoms with Crippen molar-refractivity contribution in [2.75, 3.05) is 10.7 Å². The van der Waals surface area contributed by atoms with Crippen molar-refractivity contribution in [1.82, 2.24) is 0 Å². The van der Waals surface area contributed by atoms with E-state index < -0.39 is 0 Å². The van der Waals surface area contributed by atoms with Crippen LogP contribution in [0.5, 0.6) is 0 Å². The van der Waals surface area contributed by atoms with Crippen LogP contribution in [-0.4, -0.2) is 17.7 Å². The number of benzene rings is 2. The second-order valence-corrected chi connectivity index (χ2v) is 6.44. The summed E-state index contributed by atoms with van der Waals surface area (Å²) in [7, 11) is 0. The molecule has 0 saturated carbocycles. The number of rotatable bonds is 6. The van der Waals surface area contributed by atoms with Crippen LogP contribution in [0.3, 0.4) is 0 Å². The van der Waals surface area contributed by atoms with E-state index in [-0.39, 0.29) is 11.9 Å². The first kappa shape index (κ1) is 17.1. The molecule has 0 spiro atoms. The number of hydrogen-bond acceptors (Lipinski definition) is 3. The van der Waals surface area contributed by atoms with E-state index in [0.29, 0.717) is 17.1 Å². The highest BCUT2D eigenvalue weighted by Crippen LogP contribution is 2.20. The van der Waals surface area contributed by atoms with Crippen LogP contribution in [0.4, 0.5) is 5.69 Å². The fourth-order valence-corrected chi connectivity index (χ4v) is 3.28. The van der Waals surface area contributed by atoms with Gasteiger partial charge in [-0.2, -0.15) is 5.26 Å². The monoisotopic (exact) mass is 324 g/mol. The number of carbonyl (C=O) groups excluding carboxylic acids is 1. The molecule has 0 N–H and O–H groups in total. The van der Waals surface area contributed by atoms with Crippen molar-refractivity contribution in [3.8, 4) is 6.07 Å². The lowest BCUT2D eigenvalue weighted by molar-refractivity contribution is -0.116. The van der Waals surface area contributed by atoms with Crippen LogP contribution in [0.2, 0.25) is 0 Å². The summed E-state index contributed by atoms with van der Waals surface area (Å²) in [5.41, 5.74) is 2.57. The Labute approximate surface area is 141 Å². The fraction of sp³-hybridized carbons (Fsp3) is 0.263. The van der Waals surface area contributed by atoms with E-state index in [1.54, 1.807) is 11.8 Å². The molecule has 0 atom stereocenters. The van der Waals surface area contributed by atoms with Crippen molar-refractivity contribution in [3.05, 3.63) is 65.7 Å². The summed E-state index contributed by atoms with van der Waals surface area (Å²) < 4.78 is 0. The van der Waals surface area contributed by atoms with Gasteiger partial charge < -0.3 is 4.90 Å². The van der Waals surface area contributed by atoms with Crippen LogP contribution in [-0.2, 0) is 10.5 Å². The number of nitrogens with zero attached hydrogens (tertiary/aromatic N) is 2. The molecule has 2 aromatic carbocycles. The number of thioether (sulfide) groups is 1. The quantitative estimate of drug-likeness (QED) is 0.798. The molecule has 1 amide bonds. The van der Waals surface area contributed by atoms with Crippen LogP contribution >= 0.6 is 11.8 Å². The van der Waals surface area contributed by atoms with Gasteiger partial charge in [-0.25, -0.2) is 0 Å². The number of amides is 1. The average molecular weight is 324 g/mol. The van der Waals surface area contributed by atoms with E-state index in [9.17, 15) is 4.79 Å². The summed E-state index contributed by atoms with van der Waals surface area (Å²) in [6.07, 6.45) is 0. The first-order valence-electron chi connectivity index (χ1n) is 7.56. The Balaban J connectivity index is 1.99. The Kier molecular flexibility index (Phi) is 6.25. The van der Waals surface area contributed by atoms with Gasteiger partial charge in [-0.05, 0) is 37.6 Å². The first-order valence-corrected chi connectivity index (χ1v) is 8.72. The molecule has 0 aliphatic heterocycles. The predicted octanol–water partition coefficient (Wildman–Crippen LogP) is 4.23. The minimum atomic E-state index is 0.0886. The summed E-state index contributed by atoms with van der Waals surface area (Å²) in [6, 6.07) is 19.5. The Morgan fingerprint density at radius 1 is 1.13 bits per heavy atom. The molecule has 4 heteroatoms. The zero-order valence-corrected chi connectivity index (χ0v) is 14.2. The number of hydrogen-bond donors (Lipinski definition) is 0. The van der Waals surface area contributed by atoms with Gasteiger partial charge in [0.25, 0.3) is 0 Å². The van der Waals surface area contributed by atoms with Gasteiger partial charge in [-0.1, -0.05) is 36.4 Å². The van der Waals surface area contributed by atoms with Gasteiger partial charge in [0, 0.05) is 17.5 Å². The topological polar surface area (TPSA) is 44.1 Å². The van der Waals surface area contributed by atoms with Crippen LogP contribution in [0, 0.1) is 11.3 Å². The average Bonchev–Trinajstić information content (AvgIpc) is 2.56. The third-order valence-corrected chi connectivity index (χ3v) is 4.41. The minimum Gasteiger partial charge on any atom is -0.309 e. The maximum Gasteiger partial charge on any atom is 0.237 e. The molecule has 0 fully saturated rings. The van der Waals surface area contributed by atoms with Gasteiger partial charge in [0.1, 0.15) is 0 Å². The molecular weight excluding hydrogens is 304 g/mol. The summed E-state index contributed by atoms with van der Waals surface area (Å²) in [6.45, 7) is 4.03. The van der Waals surface area contributed by atoms with Crippen LogP contribution < -0.4 is 4.90 Å². The third-order valence-electron chi connectivity index (χ3n) is 3.44. The smallest absolute Gasteiger partial charge is 0.237 e. The Morgan fingerprint density at radius 3 is 2.43 bits per heavy atom. The van der Waals surface area contributed by atoms with Gasteiger partial charge in [0.05, 0.1) is 17.4 Å². The number of carbonyl (C=O) groups is 1. The van der Waals surface area contributed by atoms with E-state index in [2.05, 4.69) is 6.07 Å². The molecule has 0 heterocycles. The fourth-order valence-electron chi connectivity index (χ4n) is 2.39. The van der Waals surface area contributed by atoms with Crippen LogP contribution in [0.1, 0.15) is 25.0 Å². The normalized spacial score (nSPS) is 10.3. The maximum absolute atomic E-state index is 12.6. The summed E-state index contributed by atoms with van der Waals surface area (Å²) >= 11 is 1.54. The van der Waals surface area contributed by atoms with E-state index in [1.807, 2.05) is 73.3 Å². The highest BCUT2D eigenvalue weighted by molar-refractivity contribution is 7.99. The van der Waals surface area contributed by atoms with Gasteiger partial charge >= 0.3 is 0 Å². The third kappa shape index (κ3) is 4.61. The lowest BCUT2D eigenvalue weighted by Gasteiger charge is -2.26. The van der Waals surface area contributed by atoms with E-state index in [4.69, 9.17) is 5.26 Å². The van der Waals surface area contributed by atoms with Crippen molar-refractivity contribution in [2.45, 2.75) is 25.6 Å². The van der Waals surface area contributed by atoms with Crippen molar-refractivity contribution in [2.24, 2.45) is 0 Å². The molecule has 0 bridgehead atoms. The number of nitriles is 1. The van der Waals surface area contributed by atoms with Gasteiger partial charge in [0.15, 0.2) is 0 Å². The standard InChI is InChI=1S/C19H20N2OS/c1-15(2)21(18-10-4-3-5-11-18)19(22)14-23-13-17-9-7-6-8-16(17)12-20/h3-11,15H,13-14H2,1-2H3. The van der Waals surface area contributed by atoms with Gasteiger partial charge in [-0.3, -0.25) is 4.79 Å².